The molecule has 1 aliphatic rings. The first-order chi connectivity index (χ1) is 9.92. The summed E-state index contributed by atoms with van der Waals surface area (Å²) < 4.78 is 2.02. The Labute approximate surface area is 117 Å². The minimum absolute atomic E-state index is 0.862. The molecule has 0 unspecified atom stereocenters. The summed E-state index contributed by atoms with van der Waals surface area (Å²) in [5.41, 5.74) is 1.87. The maximum atomic E-state index is 4.50. The highest BCUT2D eigenvalue weighted by Crippen LogP contribution is 2.18. The molecule has 0 amide bonds. The predicted octanol–water partition coefficient (Wildman–Crippen LogP) is 2.26. The highest BCUT2D eigenvalue weighted by atomic mass is 15.3. The Balaban J connectivity index is 1.75. The lowest BCUT2D eigenvalue weighted by Crippen LogP contribution is -2.29. The third kappa shape index (κ3) is 1.94. The summed E-state index contributed by atoms with van der Waals surface area (Å²) in [5, 5.41) is 9.79. The first-order valence-corrected chi connectivity index (χ1v) is 7.21. The molecule has 4 rings (SSSR count). The van der Waals surface area contributed by atoms with Crippen molar-refractivity contribution in [1.29, 1.82) is 0 Å². The van der Waals surface area contributed by atoms with E-state index in [2.05, 4.69) is 26.1 Å². The summed E-state index contributed by atoms with van der Waals surface area (Å²) in [7, 11) is 0. The van der Waals surface area contributed by atoms with Gasteiger partial charge in [-0.05, 0) is 38.1 Å². The van der Waals surface area contributed by atoms with Crippen molar-refractivity contribution in [1.82, 2.24) is 24.5 Å². The van der Waals surface area contributed by atoms with E-state index in [1.807, 2.05) is 28.9 Å². The number of benzene rings is 1. The van der Waals surface area contributed by atoms with Crippen LogP contribution >= 0.6 is 0 Å². The van der Waals surface area contributed by atoms with Crippen molar-refractivity contribution in [3.8, 4) is 0 Å². The van der Waals surface area contributed by atoms with Crippen LogP contribution in [-0.2, 0) is 6.54 Å². The first kappa shape index (κ1) is 11.8. The highest BCUT2D eigenvalue weighted by molar-refractivity contribution is 5.90. The molecular formula is C15H17N5. The molecule has 5 heteroatoms. The quantitative estimate of drug-likeness (QED) is 0.714. The summed E-state index contributed by atoms with van der Waals surface area (Å²) in [4.78, 5) is 6.95. The van der Waals surface area contributed by atoms with Crippen LogP contribution in [0.2, 0.25) is 0 Å². The fraction of sp³-hybridized carbons (Fsp3) is 0.400. The number of para-hydroxylation sites is 1. The van der Waals surface area contributed by atoms with E-state index in [1.165, 1.54) is 19.3 Å². The van der Waals surface area contributed by atoms with Crippen molar-refractivity contribution < 1.29 is 0 Å². The third-order valence-electron chi connectivity index (χ3n) is 4.04. The Morgan fingerprint density at radius 3 is 2.75 bits per heavy atom. The molecule has 3 heterocycles. The van der Waals surface area contributed by atoms with E-state index < -0.39 is 0 Å². The number of hydrogen-bond donors (Lipinski definition) is 0. The topological polar surface area (TPSA) is 46.3 Å². The van der Waals surface area contributed by atoms with Gasteiger partial charge in [-0.1, -0.05) is 18.6 Å². The number of nitrogens with zero attached hydrogens (tertiary/aromatic N) is 5. The standard InChI is InChI=1S/C15H17N5/c1-4-8-19(9-5-1)10-14-17-18-15-12-6-2-3-7-13(12)16-11-20(14)15/h2-3,6-7,11H,1,4-5,8-10H2. The molecule has 0 saturated carbocycles. The Bertz CT molecular complexity index is 742. The fourth-order valence-electron chi connectivity index (χ4n) is 2.95. The monoisotopic (exact) mass is 267 g/mol. The van der Waals surface area contributed by atoms with Crippen molar-refractivity contribution in [3.05, 3.63) is 36.4 Å². The number of likely N-dealkylation sites (tertiary alicyclic amines) is 1. The van der Waals surface area contributed by atoms with Gasteiger partial charge in [0, 0.05) is 5.39 Å². The molecule has 20 heavy (non-hydrogen) atoms. The summed E-state index contributed by atoms with van der Waals surface area (Å²) in [5.74, 6) is 0.986. The fourth-order valence-corrected chi connectivity index (χ4v) is 2.95. The molecule has 3 aromatic rings. The van der Waals surface area contributed by atoms with Crippen molar-refractivity contribution in [3.63, 3.8) is 0 Å². The van der Waals surface area contributed by atoms with Gasteiger partial charge in [-0.15, -0.1) is 10.2 Å². The van der Waals surface area contributed by atoms with Gasteiger partial charge in [0.1, 0.15) is 6.33 Å². The van der Waals surface area contributed by atoms with Gasteiger partial charge in [0.25, 0.3) is 0 Å². The normalized spacial score (nSPS) is 17.0. The van der Waals surface area contributed by atoms with Gasteiger partial charge in [0.15, 0.2) is 11.5 Å². The van der Waals surface area contributed by atoms with Gasteiger partial charge in [-0.2, -0.15) is 0 Å². The Kier molecular flexibility index (Phi) is 2.85. The lowest BCUT2D eigenvalue weighted by molar-refractivity contribution is 0.215. The third-order valence-corrected chi connectivity index (χ3v) is 4.04. The molecule has 1 fully saturated rings. The molecule has 102 valence electrons. The van der Waals surface area contributed by atoms with E-state index in [0.29, 0.717) is 0 Å². The van der Waals surface area contributed by atoms with E-state index >= 15 is 0 Å². The van der Waals surface area contributed by atoms with Gasteiger partial charge < -0.3 is 0 Å². The second-order valence-corrected chi connectivity index (χ2v) is 5.41. The van der Waals surface area contributed by atoms with Crippen molar-refractivity contribution in [2.75, 3.05) is 13.1 Å². The number of fused-ring (bicyclic) bond motifs is 3. The zero-order valence-electron chi connectivity index (χ0n) is 11.4. The van der Waals surface area contributed by atoms with E-state index in [1.54, 1.807) is 0 Å². The molecule has 0 aliphatic carbocycles. The number of piperidine rings is 1. The van der Waals surface area contributed by atoms with E-state index in [4.69, 9.17) is 0 Å². The predicted molar refractivity (Wildman–Crippen MR) is 77.4 cm³/mol. The van der Waals surface area contributed by atoms with Gasteiger partial charge in [-0.25, -0.2) is 4.98 Å². The van der Waals surface area contributed by atoms with Crippen LogP contribution in [0.5, 0.6) is 0 Å². The molecule has 0 spiro atoms. The van der Waals surface area contributed by atoms with Crippen LogP contribution in [0.3, 0.4) is 0 Å². The molecule has 0 atom stereocenters. The summed E-state index contributed by atoms with van der Waals surface area (Å²) in [6.07, 6.45) is 5.77. The van der Waals surface area contributed by atoms with Gasteiger partial charge in [0.05, 0.1) is 12.1 Å². The average Bonchev–Trinajstić information content (AvgIpc) is 2.92. The van der Waals surface area contributed by atoms with Crippen LogP contribution in [0, 0.1) is 0 Å². The zero-order chi connectivity index (χ0) is 13.4. The highest BCUT2D eigenvalue weighted by Gasteiger charge is 2.15. The smallest absolute Gasteiger partial charge is 0.171 e. The first-order valence-electron chi connectivity index (χ1n) is 7.21. The molecule has 2 aromatic heterocycles. The van der Waals surface area contributed by atoms with E-state index in [9.17, 15) is 0 Å². The maximum absolute atomic E-state index is 4.50. The van der Waals surface area contributed by atoms with Crippen LogP contribution in [0.4, 0.5) is 0 Å². The molecule has 0 N–H and O–H groups in total. The summed E-state index contributed by atoms with van der Waals surface area (Å²) in [6.45, 7) is 3.19. The average molecular weight is 267 g/mol. The zero-order valence-corrected chi connectivity index (χ0v) is 11.4. The second kappa shape index (κ2) is 4.83. The Morgan fingerprint density at radius 1 is 1.00 bits per heavy atom. The van der Waals surface area contributed by atoms with Gasteiger partial charge in [0.2, 0.25) is 0 Å². The maximum Gasteiger partial charge on any atom is 0.171 e. The SMILES string of the molecule is c1ccc2c(c1)ncn1c(CN3CCCCC3)nnc21. The Morgan fingerprint density at radius 2 is 1.85 bits per heavy atom. The lowest BCUT2D eigenvalue weighted by atomic mass is 10.1. The van der Waals surface area contributed by atoms with Crippen LogP contribution in [0.1, 0.15) is 25.1 Å². The minimum atomic E-state index is 0.862. The van der Waals surface area contributed by atoms with Crippen molar-refractivity contribution >= 4 is 16.6 Å². The molecule has 0 radical (unpaired) electrons. The van der Waals surface area contributed by atoms with Crippen LogP contribution in [0.15, 0.2) is 30.6 Å². The molecule has 1 aromatic carbocycles. The van der Waals surface area contributed by atoms with E-state index in [0.717, 1.165) is 42.0 Å². The van der Waals surface area contributed by atoms with Gasteiger partial charge >= 0.3 is 0 Å². The minimum Gasteiger partial charge on any atom is -0.296 e. The van der Waals surface area contributed by atoms with Crippen molar-refractivity contribution in [2.45, 2.75) is 25.8 Å². The van der Waals surface area contributed by atoms with Crippen LogP contribution in [-0.4, -0.2) is 37.6 Å². The number of aromatic nitrogens is 4. The molecule has 5 nitrogen and oxygen atoms in total. The molecule has 1 saturated heterocycles. The molecular weight excluding hydrogens is 250 g/mol. The molecule has 0 bridgehead atoms. The lowest BCUT2D eigenvalue weighted by Gasteiger charge is -2.25. The van der Waals surface area contributed by atoms with Crippen LogP contribution < -0.4 is 0 Å². The summed E-state index contributed by atoms with van der Waals surface area (Å²) in [6, 6.07) is 8.07. The second-order valence-electron chi connectivity index (χ2n) is 5.41. The van der Waals surface area contributed by atoms with E-state index in [-0.39, 0.29) is 0 Å². The number of hydrogen-bond acceptors (Lipinski definition) is 4. The number of rotatable bonds is 2. The Hall–Kier alpha value is -2.01. The molecule has 1 aliphatic heterocycles. The summed E-state index contributed by atoms with van der Waals surface area (Å²) >= 11 is 0. The van der Waals surface area contributed by atoms with Crippen LogP contribution in [0.25, 0.3) is 16.6 Å². The largest absolute Gasteiger partial charge is 0.296 e. The van der Waals surface area contributed by atoms with Gasteiger partial charge in [-0.3, -0.25) is 9.30 Å². The van der Waals surface area contributed by atoms with Crippen molar-refractivity contribution in [2.24, 2.45) is 0 Å².